The second-order valence-electron chi connectivity index (χ2n) is 3.88. The molecule has 1 fully saturated rings. The van der Waals surface area contributed by atoms with E-state index in [1.54, 1.807) is 30.3 Å². The van der Waals surface area contributed by atoms with Crippen LogP contribution in [0, 0.1) is 0 Å². The maximum absolute atomic E-state index is 12.5. The fourth-order valence-electron chi connectivity index (χ4n) is 1.63. The summed E-state index contributed by atoms with van der Waals surface area (Å²) in [6.45, 7) is 0.301. The van der Waals surface area contributed by atoms with Gasteiger partial charge in [0.05, 0.1) is 25.3 Å². The number of hydrogen-bond acceptors (Lipinski definition) is 4. The Kier molecular flexibility index (Phi) is 4.22. The van der Waals surface area contributed by atoms with E-state index >= 15 is 0 Å². The maximum atomic E-state index is 12.5. The molecular weight excluding hydrogens is 244 g/mol. The molecule has 0 saturated carbocycles. The van der Waals surface area contributed by atoms with Gasteiger partial charge < -0.3 is 9.57 Å². The summed E-state index contributed by atoms with van der Waals surface area (Å²) in [5.41, 5.74) is 0.387. The Balaban J connectivity index is 1.91. The Bertz CT molecular complexity index is 400. The molecule has 0 amide bonds. The maximum Gasteiger partial charge on any atom is 0.357 e. The van der Waals surface area contributed by atoms with Crippen LogP contribution in [-0.4, -0.2) is 43.3 Å². The van der Waals surface area contributed by atoms with Gasteiger partial charge in [-0.05, 0) is 12.1 Å². The van der Waals surface area contributed by atoms with Crippen LogP contribution in [0.3, 0.4) is 0 Å². The van der Waals surface area contributed by atoms with Gasteiger partial charge in [-0.2, -0.15) is 0 Å². The molecule has 4 nitrogen and oxygen atoms in total. The smallest absolute Gasteiger partial charge is 0.357 e. The van der Waals surface area contributed by atoms with Crippen LogP contribution < -0.4 is 0 Å². The summed E-state index contributed by atoms with van der Waals surface area (Å²) >= 11 is 0. The highest BCUT2D eigenvalue weighted by Gasteiger charge is 2.30. The molecule has 1 heterocycles. The summed E-state index contributed by atoms with van der Waals surface area (Å²) in [5.74, 6) is -0.550. The second-order valence-corrected chi connectivity index (χ2v) is 3.88. The number of benzene rings is 1. The Morgan fingerprint density at radius 3 is 2.78 bits per heavy atom. The van der Waals surface area contributed by atoms with Crippen LogP contribution >= 0.6 is 0 Å². The molecule has 6 heteroatoms. The van der Waals surface area contributed by atoms with Crippen molar-refractivity contribution in [2.24, 2.45) is 0 Å². The molecule has 0 unspecified atom stereocenters. The lowest BCUT2D eigenvalue weighted by atomic mass is 10.2. The van der Waals surface area contributed by atoms with Gasteiger partial charge in [0.15, 0.2) is 0 Å². The quantitative estimate of drug-likeness (QED) is 0.826. The molecule has 0 bridgehead atoms. The summed E-state index contributed by atoms with van der Waals surface area (Å²) in [5, 5.41) is 1.22. The van der Waals surface area contributed by atoms with Crippen LogP contribution in [-0.2, 0) is 9.57 Å². The lowest BCUT2D eigenvalue weighted by molar-refractivity contribution is -0.196. The highest BCUT2D eigenvalue weighted by atomic mass is 19.3. The number of carbonyl (C=O) groups is 1. The van der Waals surface area contributed by atoms with Crippen molar-refractivity contribution in [2.75, 3.05) is 19.7 Å². The predicted octanol–water partition coefficient (Wildman–Crippen LogP) is 1.72. The van der Waals surface area contributed by atoms with Crippen molar-refractivity contribution >= 4 is 5.97 Å². The monoisotopic (exact) mass is 257 g/mol. The normalized spacial score (nSPS) is 20.9. The number of ether oxygens (including phenoxy) is 1. The number of halogens is 2. The zero-order valence-electron chi connectivity index (χ0n) is 9.59. The third-order valence-corrected chi connectivity index (χ3v) is 2.56. The van der Waals surface area contributed by atoms with Crippen LogP contribution in [0.1, 0.15) is 10.4 Å². The molecule has 2 rings (SSSR count). The zero-order chi connectivity index (χ0) is 13.0. The Morgan fingerprint density at radius 2 is 2.11 bits per heavy atom. The van der Waals surface area contributed by atoms with Crippen molar-refractivity contribution in [2.45, 2.75) is 12.5 Å². The Hall–Kier alpha value is -1.53. The first-order valence-electron chi connectivity index (χ1n) is 5.59. The summed E-state index contributed by atoms with van der Waals surface area (Å²) in [6, 6.07) is 8.40. The lowest BCUT2D eigenvalue weighted by Crippen LogP contribution is -2.46. The van der Waals surface area contributed by atoms with E-state index in [0.29, 0.717) is 12.1 Å². The number of rotatable bonds is 3. The highest BCUT2D eigenvalue weighted by Crippen LogP contribution is 2.14. The SMILES string of the molecule is O=C(ON1CCO[C@H](C(F)F)C1)c1ccccc1. The molecule has 1 atom stereocenters. The third-order valence-electron chi connectivity index (χ3n) is 2.56. The van der Waals surface area contributed by atoms with E-state index in [2.05, 4.69) is 0 Å². The molecule has 0 spiro atoms. The van der Waals surface area contributed by atoms with Crippen molar-refractivity contribution in [3.05, 3.63) is 35.9 Å². The number of hydroxylamine groups is 2. The van der Waals surface area contributed by atoms with Gasteiger partial charge in [0.25, 0.3) is 6.43 Å². The predicted molar refractivity (Wildman–Crippen MR) is 59.2 cm³/mol. The van der Waals surface area contributed by atoms with Crippen LogP contribution in [0.2, 0.25) is 0 Å². The van der Waals surface area contributed by atoms with Gasteiger partial charge >= 0.3 is 5.97 Å². The van der Waals surface area contributed by atoms with Gasteiger partial charge in [0.1, 0.15) is 6.10 Å². The van der Waals surface area contributed by atoms with Crippen molar-refractivity contribution in [1.29, 1.82) is 0 Å². The molecule has 1 aliphatic heterocycles. The van der Waals surface area contributed by atoms with Crippen LogP contribution in [0.15, 0.2) is 30.3 Å². The molecule has 1 saturated heterocycles. The topological polar surface area (TPSA) is 38.8 Å². The van der Waals surface area contributed by atoms with E-state index < -0.39 is 18.5 Å². The van der Waals surface area contributed by atoms with Crippen molar-refractivity contribution in [3.8, 4) is 0 Å². The van der Waals surface area contributed by atoms with E-state index in [-0.39, 0.29) is 13.2 Å². The molecule has 1 aromatic carbocycles. The summed E-state index contributed by atoms with van der Waals surface area (Å²) in [6.07, 6.45) is -3.79. The fraction of sp³-hybridized carbons (Fsp3) is 0.417. The van der Waals surface area contributed by atoms with E-state index in [1.807, 2.05) is 0 Å². The van der Waals surface area contributed by atoms with Gasteiger partial charge in [-0.25, -0.2) is 13.6 Å². The molecule has 0 aromatic heterocycles. The first kappa shape index (κ1) is 12.9. The minimum absolute atomic E-state index is 0.115. The van der Waals surface area contributed by atoms with Gasteiger partial charge in [-0.15, -0.1) is 5.06 Å². The van der Waals surface area contributed by atoms with E-state index in [4.69, 9.17) is 9.57 Å². The van der Waals surface area contributed by atoms with Crippen molar-refractivity contribution in [1.82, 2.24) is 5.06 Å². The number of carbonyl (C=O) groups excluding carboxylic acids is 1. The standard InChI is InChI=1S/C12H13F2NO3/c13-11(14)10-8-15(6-7-17-10)18-12(16)9-4-2-1-3-5-9/h1-5,10-11H,6-8H2/t10-/m0/s1. The minimum atomic E-state index is -2.58. The van der Waals surface area contributed by atoms with Gasteiger partial charge in [-0.3, -0.25) is 0 Å². The van der Waals surface area contributed by atoms with E-state index in [9.17, 15) is 13.6 Å². The lowest BCUT2D eigenvalue weighted by Gasteiger charge is -2.30. The van der Waals surface area contributed by atoms with Crippen LogP contribution in [0.25, 0.3) is 0 Å². The number of nitrogens with zero attached hydrogens (tertiary/aromatic N) is 1. The molecule has 0 N–H and O–H groups in total. The average molecular weight is 257 g/mol. The van der Waals surface area contributed by atoms with Gasteiger partial charge in [0.2, 0.25) is 0 Å². The molecule has 1 aliphatic rings. The largest absolute Gasteiger partial charge is 0.369 e. The fourth-order valence-corrected chi connectivity index (χ4v) is 1.63. The Morgan fingerprint density at radius 1 is 1.39 bits per heavy atom. The van der Waals surface area contributed by atoms with Crippen LogP contribution in [0.4, 0.5) is 8.78 Å². The van der Waals surface area contributed by atoms with E-state index in [1.165, 1.54) is 5.06 Å². The molecule has 0 aliphatic carbocycles. The van der Waals surface area contributed by atoms with Gasteiger partial charge in [-0.1, -0.05) is 18.2 Å². The second kappa shape index (κ2) is 5.88. The summed E-state index contributed by atoms with van der Waals surface area (Å²) < 4.78 is 29.8. The molecule has 1 aromatic rings. The number of morpholine rings is 1. The first-order valence-corrected chi connectivity index (χ1v) is 5.59. The molecule has 18 heavy (non-hydrogen) atoms. The minimum Gasteiger partial charge on any atom is -0.369 e. The third kappa shape index (κ3) is 3.24. The highest BCUT2D eigenvalue weighted by molar-refractivity contribution is 5.89. The van der Waals surface area contributed by atoms with E-state index in [0.717, 1.165) is 0 Å². The Labute approximate surface area is 103 Å². The molecule has 98 valence electrons. The molecule has 0 radical (unpaired) electrons. The first-order chi connectivity index (χ1) is 8.66. The number of alkyl halides is 2. The zero-order valence-corrected chi connectivity index (χ0v) is 9.59. The average Bonchev–Trinajstić information content (AvgIpc) is 2.40. The summed E-state index contributed by atoms with van der Waals surface area (Å²) in [4.78, 5) is 16.7. The van der Waals surface area contributed by atoms with Crippen molar-refractivity contribution in [3.63, 3.8) is 0 Å². The van der Waals surface area contributed by atoms with Crippen LogP contribution in [0.5, 0.6) is 0 Å². The molecular formula is C12H13F2NO3. The van der Waals surface area contributed by atoms with Crippen molar-refractivity contribution < 1.29 is 23.1 Å². The number of hydrogen-bond donors (Lipinski definition) is 0. The van der Waals surface area contributed by atoms with Gasteiger partial charge in [0, 0.05) is 0 Å². The summed E-state index contributed by atoms with van der Waals surface area (Å²) in [7, 11) is 0.